The van der Waals surface area contributed by atoms with E-state index in [1.807, 2.05) is 24.3 Å². The van der Waals surface area contributed by atoms with Crippen molar-refractivity contribution in [2.45, 2.75) is 25.3 Å². The zero-order valence-electron chi connectivity index (χ0n) is 18.6. The molecule has 2 aromatic rings. The zero-order valence-corrected chi connectivity index (χ0v) is 18.6. The maximum atomic E-state index is 12.6. The topological polar surface area (TPSA) is 54.0 Å². The minimum atomic E-state index is 0.0926. The van der Waals surface area contributed by atoms with Crippen molar-refractivity contribution in [2.75, 3.05) is 58.5 Å². The molecule has 4 rings (SSSR count). The van der Waals surface area contributed by atoms with Crippen LogP contribution in [-0.2, 0) is 22.4 Å². The molecule has 2 heterocycles. The summed E-state index contributed by atoms with van der Waals surface area (Å²) in [6.07, 6.45) is 2.30. The molecule has 0 spiro atoms. The second-order valence-corrected chi connectivity index (χ2v) is 8.38. The predicted molar refractivity (Wildman–Crippen MR) is 123 cm³/mol. The Bertz CT molecular complexity index is 878. The van der Waals surface area contributed by atoms with E-state index in [0.29, 0.717) is 13.0 Å². The Morgan fingerprint density at radius 1 is 1.13 bits per heavy atom. The summed E-state index contributed by atoms with van der Waals surface area (Å²) in [6, 6.07) is 14.9. The number of likely N-dealkylation sites (N-methyl/N-ethyl adjacent to an activating group) is 1. The lowest BCUT2D eigenvalue weighted by atomic mass is 10.00. The quantitative estimate of drug-likeness (QED) is 0.708. The van der Waals surface area contributed by atoms with Crippen LogP contribution < -0.4 is 15.0 Å². The van der Waals surface area contributed by atoms with Gasteiger partial charge in [-0.25, -0.2) is 0 Å². The van der Waals surface area contributed by atoms with Crippen molar-refractivity contribution >= 4 is 11.6 Å². The van der Waals surface area contributed by atoms with Crippen molar-refractivity contribution in [1.82, 2.24) is 10.2 Å². The first-order chi connectivity index (χ1) is 15.1. The SMILES string of the molecule is COc1ccc(CCC(=O)NC[C@@H](c2ccc3c(c2)CCN3C)N2CCOCC2)cc1. The van der Waals surface area contributed by atoms with Crippen LogP contribution in [0.5, 0.6) is 5.75 Å². The highest BCUT2D eigenvalue weighted by molar-refractivity contribution is 5.76. The molecular weight excluding hydrogens is 390 g/mol. The Morgan fingerprint density at radius 2 is 1.90 bits per heavy atom. The maximum Gasteiger partial charge on any atom is 0.220 e. The molecule has 0 bridgehead atoms. The van der Waals surface area contributed by atoms with E-state index in [9.17, 15) is 4.79 Å². The number of fused-ring (bicyclic) bond motifs is 1. The van der Waals surface area contributed by atoms with Crippen molar-refractivity contribution in [3.8, 4) is 5.75 Å². The van der Waals surface area contributed by atoms with Crippen molar-refractivity contribution in [3.05, 3.63) is 59.2 Å². The summed E-state index contributed by atoms with van der Waals surface area (Å²) in [5.41, 5.74) is 5.16. The summed E-state index contributed by atoms with van der Waals surface area (Å²) < 4.78 is 10.8. The molecule has 0 radical (unpaired) electrons. The predicted octanol–water partition coefficient (Wildman–Crippen LogP) is 2.81. The lowest BCUT2D eigenvalue weighted by Crippen LogP contribution is -2.43. The second-order valence-electron chi connectivity index (χ2n) is 8.38. The summed E-state index contributed by atoms with van der Waals surface area (Å²) in [5, 5.41) is 3.19. The molecule has 166 valence electrons. The Kier molecular flexibility index (Phi) is 7.10. The first kappa shape index (κ1) is 21.7. The molecule has 6 heteroatoms. The van der Waals surface area contributed by atoms with Gasteiger partial charge in [0.05, 0.1) is 26.4 Å². The number of hydrogen-bond donors (Lipinski definition) is 1. The number of rotatable bonds is 8. The number of amides is 1. The van der Waals surface area contributed by atoms with Gasteiger partial charge in [0, 0.05) is 45.3 Å². The average molecular weight is 424 g/mol. The van der Waals surface area contributed by atoms with E-state index in [2.05, 4.69) is 40.4 Å². The van der Waals surface area contributed by atoms with Gasteiger partial charge in [-0.05, 0) is 47.7 Å². The minimum absolute atomic E-state index is 0.0926. The van der Waals surface area contributed by atoms with Crippen LogP contribution in [0.25, 0.3) is 0 Å². The van der Waals surface area contributed by atoms with Crippen LogP contribution >= 0.6 is 0 Å². The molecule has 2 aromatic carbocycles. The normalized spacial score (nSPS) is 17.3. The van der Waals surface area contributed by atoms with E-state index in [1.54, 1.807) is 7.11 Å². The summed E-state index contributed by atoms with van der Waals surface area (Å²) >= 11 is 0. The maximum absolute atomic E-state index is 12.6. The zero-order chi connectivity index (χ0) is 21.6. The Labute approximate surface area is 185 Å². The average Bonchev–Trinajstić information content (AvgIpc) is 3.19. The smallest absolute Gasteiger partial charge is 0.220 e. The molecule has 31 heavy (non-hydrogen) atoms. The van der Waals surface area contributed by atoms with Crippen molar-refractivity contribution in [3.63, 3.8) is 0 Å². The molecule has 0 saturated carbocycles. The van der Waals surface area contributed by atoms with E-state index >= 15 is 0 Å². The van der Waals surface area contributed by atoms with Gasteiger partial charge in [-0.2, -0.15) is 0 Å². The first-order valence-corrected chi connectivity index (χ1v) is 11.2. The van der Waals surface area contributed by atoms with Gasteiger partial charge in [0.25, 0.3) is 0 Å². The fraction of sp³-hybridized carbons (Fsp3) is 0.480. The molecule has 1 saturated heterocycles. The number of nitrogens with zero attached hydrogens (tertiary/aromatic N) is 2. The molecule has 0 aliphatic carbocycles. The number of methoxy groups -OCH3 is 1. The Morgan fingerprint density at radius 3 is 2.65 bits per heavy atom. The van der Waals surface area contributed by atoms with Crippen molar-refractivity contribution in [1.29, 1.82) is 0 Å². The molecule has 2 aliphatic rings. The number of aryl methyl sites for hydroxylation is 1. The van der Waals surface area contributed by atoms with Crippen LogP contribution in [0.1, 0.15) is 29.2 Å². The second kappa shape index (κ2) is 10.2. The summed E-state index contributed by atoms with van der Waals surface area (Å²) in [7, 11) is 3.81. The van der Waals surface area contributed by atoms with E-state index in [1.165, 1.54) is 16.8 Å². The molecular formula is C25H33N3O3. The number of benzene rings is 2. The third kappa shape index (κ3) is 5.38. The van der Waals surface area contributed by atoms with E-state index in [-0.39, 0.29) is 11.9 Å². The third-order valence-corrected chi connectivity index (χ3v) is 6.39. The number of anilines is 1. The van der Waals surface area contributed by atoms with Gasteiger partial charge in [-0.15, -0.1) is 0 Å². The molecule has 1 atom stereocenters. The van der Waals surface area contributed by atoms with Gasteiger partial charge < -0.3 is 19.7 Å². The highest BCUT2D eigenvalue weighted by Crippen LogP contribution is 2.31. The van der Waals surface area contributed by atoms with Gasteiger partial charge in [-0.1, -0.05) is 24.3 Å². The number of morpholine rings is 1. The fourth-order valence-corrected chi connectivity index (χ4v) is 4.49. The van der Waals surface area contributed by atoms with E-state index in [0.717, 1.165) is 57.0 Å². The first-order valence-electron chi connectivity index (χ1n) is 11.2. The van der Waals surface area contributed by atoms with Crippen LogP contribution in [-0.4, -0.2) is 64.4 Å². The van der Waals surface area contributed by atoms with E-state index < -0.39 is 0 Å². The van der Waals surface area contributed by atoms with Crippen LogP contribution in [0.4, 0.5) is 5.69 Å². The highest BCUT2D eigenvalue weighted by atomic mass is 16.5. The van der Waals surface area contributed by atoms with E-state index in [4.69, 9.17) is 9.47 Å². The number of hydrogen-bond acceptors (Lipinski definition) is 5. The molecule has 1 N–H and O–H groups in total. The lowest BCUT2D eigenvalue weighted by molar-refractivity contribution is -0.121. The van der Waals surface area contributed by atoms with Gasteiger partial charge in [0.1, 0.15) is 5.75 Å². The van der Waals surface area contributed by atoms with Gasteiger partial charge in [0.2, 0.25) is 5.91 Å². The molecule has 0 unspecified atom stereocenters. The highest BCUT2D eigenvalue weighted by Gasteiger charge is 2.25. The van der Waals surface area contributed by atoms with Gasteiger partial charge in [0.15, 0.2) is 0 Å². The van der Waals surface area contributed by atoms with Crippen molar-refractivity contribution in [2.24, 2.45) is 0 Å². The molecule has 2 aliphatic heterocycles. The van der Waals surface area contributed by atoms with Crippen LogP contribution in [0.15, 0.2) is 42.5 Å². The van der Waals surface area contributed by atoms with Crippen LogP contribution in [0, 0.1) is 0 Å². The largest absolute Gasteiger partial charge is 0.497 e. The fourth-order valence-electron chi connectivity index (χ4n) is 4.49. The number of ether oxygens (including phenoxy) is 2. The van der Waals surface area contributed by atoms with Gasteiger partial charge in [-0.3, -0.25) is 9.69 Å². The summed E-state index contributed by atoms with van der Waals surface area (Å²) in [4.78, 5) is 17.4. The molecule has 1 fully saturated rings. The Hall–Kier alpha value is -2.57. The molecule has 6 nitrogen and oxygen atoms in total. The van der Waals surface area contributed by atoms with Crippen LogP contribution in [0.2, 0.25) is 0 Å². The molecule has 0 aromatic heterocycles. The van der Waals surface area contributed by atoms with Crippen LogP contribution in [0.3, 0.4) is 0 Å². The number of carbonyl (C=O) groups is 1. The summed E-state index contributed by atoms with van der Waals surface area (Å²) in [5.74, 6) is 0.928. The van der Waals surface area contributed by atoms with Crippen molar-refractivity contribution < 1.29 is 14.3 Å². The number of nitrogens with one attached hydrogen (secondary N) is 1. The monoisotopic (exact) mass is 423 g/mol. The number of carbonyl (C=O) groups excluding carboxylic acids is 1. The Balaban J connectivity index is 1.38. The molecule has 1 amide bonds. The minimum Gasteiger partial charge on any atom is -0.497 e. The third-order valence-electron chi connectivity index (χ3n) is 6.39. The lowest BCUT2D eigenvalue weighted by Gasteiger charge is -2.35. The summed E-state index contributed by atoms with van der Waals surface area (Å²) in [6.45, 7) is 4.97. The standard InChI is InChI=1S/C25H33N3O3/c1-27-12-11-21-17-20(6-9-23(21)27)24(28-13-15-31-16-14-28)18-26-25(29)10-5-19-3-7-22(30-2)8-4-19/h3-4,6-9,17,24H,5,10-16,18H2,1-2H3,(H,26,29)/t24-/m0/s1. The van der Waals surface area contributed by atoms with Gasteiger partial charge >= 0.3 is 0 Å².